The number of methoxy groups -OCH3 is 1. The van der Waals surface area contributed by atoms with Crippen LogP contribution in [0.5, 0.6) is 5.75 Å². The number of primary sulfonamides is 1. The topological polar surface area (TPSA) is 98.5 Å². The molecule has 8 heteroatoms. The van der Waals surface area contributed by atoms with Crippen LogP contribution >= 0.6 is 11.6 Å². The van der Waals surface area contributed by atoms with Gasteiger partial charge < -0.3 is 10.1 Å². The van der Waals surface area contributed by atoms with E-state index in [1.165, 1.54) is 31.4 Å². The molecule has 0 saturated carbocycles. The zero-order valence-corrected chi connectivity index (χ0v) is 14.3. The van der Waals surface area contributed by atoms with E-state index in [0.717, 1.165) is 5.56 Å². The first-order valence-corrected chi connectivity index (χ1v) is 8.67. The number of rotatable bonds is 5. The maximum absolute atomic E-state index is 12.0. The van der Waals surface area contributed by atoms with Gasteiger partial charge in [0.2, 0.25) is 15.9 Å². The zero-order valence-electron chi connectivity index (χ0n) is 12.7. The van der Waals surface area contributed by atoms with E-state index in [1.807, 2.05) is 0 Å². The molecule has 0 aliphatic rings. The van der Waals surface area contributed by atoms with Crippen LogP contribution < -0.4 is 15.2 Å². The maximum Gasteiger partial charge on any atom is 0.248 e. The van der Waals surface area contributed by atoms with Crippen LogP contribution in [0.3, 0.4) is 0 Å². The standard InChI is InChI=1S/C16H15ClN2O4S/c1-23-15-8-7-13(24(18,21)22)10-14(15)19-16(20)9-4-11-2-5-12(17)6-3-11/h2-10H,1H3,(H,19,20)(H2,18,21,22)/b9-4+. The number of nitrogens with one attached hydrogen (secondary N) is 1. The Morgan fingerprint density at radius 3 is 2.46 bits per heavy atom. The molecular formula is C16H15ClN2O4S. The lowest BCUT2D eigenvalue weighted by molar-refractivity contribution is -0.111. The van der Waals surface area contributed by atoms with Gasteiger partial charge in [0.15, 0.2) is 0 Å². The van der Waals surface area contributed by atoms with Gasteiger partial charge in [-0.1, -0.05) is 23.7 Å². The van der Waals surface area contributed by atoms with Crippen molar-refractivity contribution in [2.45, 2.75) is 4.90 Å². The fourth-order valence-corrected chi connectivity index (χ4v) is 2.55. The molecule has 126 valence electrons. The minimum atomic E-state index is -3.88. The number of benzene rings is 2. The van der Waals surface area contributed by atoms with E-state index in [2.05, 4.69) is 5.32 Å². The highest BCUT2D eigenvalue weighted by atomic mass is 35.5. The first kappa shape index (κ1) is 18.0. The van der Waals surface area contributed by atoms with Crippen molar-refractivity contribution in [1.29, 1.82) is 0 Å². The number of ether oxygens (including phenoxy) is 1. The molecule has 2 rings (SSSR count). The van der Waals surface area contributed by atoms with Crippen molar-refractivity contribution in [2.75, 3.05) is 12.4 Å². The average molecular weight is 367 g/mol. The van der Waals surface area contributed by atoms with E-state index in [4.69, 9.17) is 21.5 Å². The second kappa shape index (κ2) is 7.48. The molecule has 0 spiro atoms. The lowest BCUT2D eigenvalue weighted by Crippen LogP contribution is -2.14. The van der Waals surface area contributed by atoms with E-state index in [1.54, 1.807) is 30.3 Å². The number of hydrogen-bond acceptors (Lipinski definition) is 4. The summed E-state index contributed by atoms with van der Waals surface area (Å²) >= 11 is 5.79. The lowest BCUT2D eigenvalue weighted by atomic mass is 10.2. The van der Waals surface area contributed by atoms with Gasteiger partial charge in [0.1, 0.15) is 5.75 Å². The number of amides is 1. The number of halogens is 1. The number of nitrogens with two attached hydrogens (primary N) is 1. The largest absolute Gasteiger partial charge is 0.495 e. The number of carbonyl (C=O) groups is 1. The number of carbonyl (C=O) groups excluding carboxylic acids is 1. The van der Waals surface area contributed by atoms with Crippen LogP contribution in [0.1, 0.15) is 5.56 Å². The van der Waals surface area contributed by atoms with Crippen molar-refractivity contribution in [2.24, 2.45) is 5.14 Å². The van der Waals surface area contributed by atoms with Gasteiger partial charge in [-0.15, -0.1) is 0 Å². The summed E-state index contributed by atoms with van der Waals surface area (Å²) in [6, 6.07) is 10.9. The SMILES string of the molecule is COc1ccc(S(N)(=O)=O)cc1NC(=O)/C=C/c1ccc(Cl)cc1. The Morgan fingerprint density at radius 1 is 1.21 bits per heavy atom. The molecule has 0 heterocycles. The molecule has 0 radical (unpaired) electrons. The first-order valence-electron chi connectivity index (χ1n) is 6.75. The summed E-state index contributed by atoms with van der Waals surface area (Å²) in [5.41, 5.74) is 0.995. The van der Waals surface area contributed by atoms with Gasteiger partial charge in [0.25, 0.3) is 0 Å². The highest BCUT2D eigenvalue weighted by molar-refractivity contribution is 7.89. The Morgan fingerprint density at radius 2 is 1.88 bits per heavy atom. The molecule has 1 amide bonds. The highest BCUT2D eigenvalue weighted by Gasteiger charge is 2.13. The minimum Gasteiger partial charge on any atom is -0.495 e. The Bertz CT molecular complexity index is 877. The summed E-state index contributed by atoms with van der Waals surface area (Å²) in [6.07, 6.45) is 2.91. The highest BCUT2D eigenvalue weighted by Crippen LogP contribution is 2.27. The maximum atomic E-state index is 12.0. The summed E-state index contributed by atoms with van der Waals surface area (Å²) in [5.74, 6) is -0.134. The van der Waals surface area contributed by atoms with Crippen LogP contribution in [-0.2, 0) is 14.8 Å². The summed E-state index contributed by atoms with van der Waals surface area (Å²) in [7, 11) is -2.47. The van der Waals surface area contributed by atoms with E-state index >= 15 is 0 Å². The fourth-order valence-electron chi connectivity index (χ4n) is 1.88. The molecule has 0 saturated heterocycles. The lowest BCUT2D eigenvalue weighted by Gasteiger charge is -2.10. The first-order chi connectivity index (χ1) is 11.3. The quantitative estimate of drug-likeness (QED) is 0.794. The van der Waals surface area contributed by atoms with E-state index in [0.29, 0.717) is 10.8 Å². The molecule has 0 aromatic heterocycles. The second-order valence-electron chi connectivity index (χ2n) is 4.78. The molecular weight excluding hydrogens is 352 g/mol. The molecule has 0 bridgehead atoms. The van der Waals surface area contributed by atoms with Crippen LogP contribution in [0, 0.1) is 0 Å². The van der Waals surface area contributed by atoms with E-state index in [9.17, 15) is 13.2 Å². The monoisotopic (exact) mass is 366 g/mol. The van der Waals surface area contributed by atoms with E-state index < -0.39 is 15.9 Å². The average Bonchev–Trinajstić information content (AvgIpc) is 2.53. The predicted octanol–water partition coefficient (Wildman–Crippen LogP) is 2.65. The second-order valence-corrected chi connectivity index (χ2v) is 6.78. The van der Waals surface area contributed by atoms with Gasteiger partial charge in [-0.25, -0.2) is 13.6 Å². The van der Waals surface area contributed by atoms with Crippen molar-refractivity contribution < 1.29 is 17.9 Å². The number of sulfonamides is 1. The number of hydrogen-bond donors (Lipinski definition) is 2. The Balaban J connectivity index is 2.20. The molecule has 0 fully saturated rings. The van der Waals surface area contributed by atoms with Gasteiger partial charge in [-0.05, 0) is 42.0 Å². The summed E-state index contributed by atoms with van der Waals surface area (Å²) < 4.78 is 27.9. The van der Waals surface area contributed by atoms with Crippen molar-refractivity contribution in [3.05, 3.63) is 59.1 Å². The predicted molar refractivity (Wildman–Crippen MR) is 93.5 cm³/mol. The molecule has 0 aliphatic carbocycles. The summed E-state index contributed by atoms with van der Waals surface area (Å²) in [6.45, 7) is 0. The fraction of sp³-hybridized carbons (Fsp3) is 0.0625. The minimum absolute atomic E-state index is 0.125. The third kappa shape index (κ3) is 4.82. The smallest absolute Gasteiger partial charge is 0.248 e. The van der Waals surface area contributed by atoms with Crippen molar-refractivity contribution in [1.82, 2.24) is 0 Å². The molecule has 2 aromatic rings. The normalized spacial score (nSPS) is 11.5. The summed E-state index contributed by atoms with van der Waals surface area (Å²) in [5, 5.41) is 8.25. The molecule has 0 aliphatic heterocycles. The van der Waals surface area contributed by atoms with Crippen LogP contribution in [0.2, 0.25) is 5.02 Å². The molecule has 6 nitrogen and oxygen atoms in total. The van der Waals surface area contributed by atoms with Gasteiger partial charge in [-0.2, -0.15) is 0 Å². The third-order valence-corrected chi connectivity index (χ3v) is 4.22. The zero-order chi connectivity index (χ0) is 17.7. The van der Waals surface area contributed by atoms with Gasteiger partial charge in [-0.3, -0.25) is 4.79 Å². The molecule has 3 N–H and O–H groups in total. The molecule has 24 heavy (non-hydrogen) atoms. The molecule has 0 unspecified atom stereocenters. The van der Waals surface area contributed by atoms with Gasteiger partial charge in [0.05, 0.1) is 17.7 Å². The molecule has 0 atom stereocenters. The van der Waals surface area contributed by atoms with Gasteiger partial charge >= 0.3 is 0 Å². The Kier molecular flexibility index (Phi) is 5.61. The van der Waals surface area contributed by atoms with Gasteiger partial charge in [0, 0.05) is 11.1 Å². The number of anilines is 1. The van der Waals surface area contributed by atoms with Crippen molar-refractivity contribution >= 4 is 39.3 Å². The summed E-state index contributed by atoms with van der Waals surface area (Å²) in [4.78, 5) is 11.9. The molecule has 2 aromatic carbocycles. The van der Waals surface area contributed by atoms with Crippen LogP contribution in [0.25, 0.3) is 6.08 Å². The van der Waals surface area contributed by atoms with Crippen molar-refractivity contribution in [3.8, 4) is 5.75 Å². The van der Waals surface area contributed by atoms with Crippen molar-refractivity contribution in [3.63, 3.8) is 0 Å². The van der Waals surface area contributed by atoms with E-state index in [-0.39, 0.29) is 10.6 Å². The van der Waals surface area contributed by atoms with Crippen LogP contribution in [-0.4, -0.2) is 21.4 Å². The third-order valence-electron chi connectivity index (χ3n) is 3.05. The Hall–Kier alpha value is -2.35. The Labute approximate surface area is 144 Å². The van der Waals surface area contributed by atoms with Crippen LogP contribution in [0.15, 0.2) is 53.4 Å². The van der Waals surface area contributed by atoms with Crippen LogP contribution in [0.4, 0.5) is 5.69 Å².